The highest BCUT2D eigenvalue weighted by Crippen LogP contribution is 2.44. The molecular formula is C53H68N2O13+2. The smallest absolute Gasteiger partial charge is 0.384 e. The van der Waals surface area contributed by atoms with Crippen LogP contribution in [0.1, 0.15) is 86.1 Å². The third-order valence-electron chi connectivity index (χ3n) is 14.1. The fraction of sp³-hybridized carbons (Fsp3) is 0.472. The Morgan fingerprint density at radius 3 is 1.54 bits per heavy atom. The van der Waals surface area contributed by atoms with E-state index in [4.69, 9.17) is 28.4 Å². The molecule has 2 aliphatic heterocycles. The molecule has 0 saturated carbocycles. The van der Waals surface area contributed by atoms with Crippen LogP contribution in [0.5, 0.6) is 23.0 Å². The highest BCUT2D eigenvalue weighted by molar-refractivity contribution is 5.98. The summed E-state index contributed by atoms with van der Waals surface area (Å²) in [6, 6.07) is 17.5. The first kappa shape index (κ1) is 51.7. The maximum absolute atomic E-state index is 12.7. The van der Waals surface area contributed by atoms with E-state index in [1.807, 2.05) is 54.6 Å². The average Bonchev–Trinajstić information content (AvgIpc) is 3.36. The van der Waals surface area contributed by atoms with Gasteiger partial charge in [-0.05, 0) is 74.8 Å². The van der Waals surface area contributed by atoms with E-state index in [2.05, 4.69) is 25.9 Å². The SMILES string of the molecule is COc1cc2c(cc1OC)C(Cc1cc(CO)c(OC)c(OC)c1)[N+](C)(CCCOC(=O)C#CC(=O)OCCC[N+]1(C)CCc3cc(CO)c(CO)cc3C1Cc1ccc(CO)c(CO)c1)CC2. The normalized spacial score (nSPS) is 19.5. The summed E-state index contributed by atoms with van der Waals surface area (Å²) in [5.74, 6) is 5.24. The van der Waals surface area contributed by atoms with Gasteiger partial charge in [-0.25, -0.2) is 9.59 Å². The number of aliphatic hydroxyl groups excluding tert-OH is 5. The number of aliphatic hydroxyl groups is 5. The van der Waals surface area contributed by atoms with Crippen molar-refractivity contribution in [2.75, 3.05) is 81.9 Å². The van der Waals surface area contributed by atoms with E-state index >= 15 is 0 Å². The topological polar surface area (TPSA) is 191 Å². The van der Waals surface area contributed by atoms with Gasteiger partial charge in [0.25, 0.3) is 0 Å². The lowest BCUT2D eigenvalue weighted by Crippen LogP contribution is -2.52. The molecule has 0 aromatic heterocycles. The lowest BCUT2D eigenvalue weighted by atomic mass is 9.83. The summed E-state index contributed by atoms with van der Waals surface area (Å²) in [5.41, 5.74) is 9.74. The van der Waals surface area contributed by atoms with Crippen molar-refractivity contribution in [1.29, 1.82) is 0 Å². The zero-order valence-electron chi connectivity index (χ0n) is 40.3. The number of likely N-dealkylation sites (N-methyl/N-ethyl adjacent to an activating group) is 2. The van der Waals surface area contributed by atoms with Gasteiger partial charge in [-0.1, -0.05) is 24.3 Å². The molecule has 4 aromatic rings. The van der Waals surface area contributed by atoms with Crippen LogP contribution in [0.2, 0.25) is 0 Å². The van der Waals surface area contributed by atoms with E-state index in [1.54, 1.807) is 28.4 Å². The molecule has 2 aliphatic rings. The third-order valence-corrected chi connectivity index (χ3v) is 14.1. The van der Waals surface area contributed by atoms with Gasteiger partial charge in [0.15, 0.2) is 23.0 Å². The summed E-state index contributed by atoms with van der Waals surface area (Å²) >= 11 is 0. The standard InChI is InChI=1S/C53H68N2O13/c1-54(17-13-37-26-41(32-58)42(33-59)27-44(37)46(54)23-35-9-10-39(30-56)40(21-35)31-57)15-7-19-67-51(61)11-12-52(62)68-20-8-16-55(2)18-14-38-28-48(63-3)49(64-4)29-45(38)47(55)24-36-22-43(34-60)53(66-6)50(25-36)65-5/h9-10,21-22,25-29,46-47,56-60H,7-8,13-20,23-24,30-34H2,1-6H3/q+2. The maximum atomic E-state index is 12.7. The molecular weight excluding hydrogens is 873 g/mol. The van der Waals surface area contributed by atoms with Crippen molar-refractivity contribution in [3.63, 3.8) is 0 Å². The molecule has 0 aliphatic carbocycles. The van der Waals surface area contributed by atoms with Gasteiger partial charge in [0.05, 0.1) is 115 Å². The molecule has 68 heavy (non-hydrogen) atoms. The molecule has 15 heteroatoms. The predicted octanol–water partition coefficient (Wildman–Crippen LogP) is 4.33. The molecule has 366 valence electrons. The summed E-state index contributed by atoms with van der Waals surface area (Å²) in [6.45, 7) is 2.12. The van der Waals surface area contributed by atoms with Crippen LogP contribution >= 0.6 is 0 Å². The van der Waals surface area contributed by atoms with E-state index in [-0.39, 0.29) is 58.3 Å². The highest BCUT2D eigenvalue weighted by atomic mass is 16.5. The molecule has 0 spiro atoms. The van der Waals surface area contributed by atoms with Crippen molar-refractivity contribution in [3.8, 4) is 34.8 Å². The zero-order chi connectivity index (χ0) is 49.0. The summed E-state index contributed by atoms with van der Waals surface area (Å²) in [4.78, 5) is 25.5. The Labute approximate surface area is 399 Å². The first-order chi connectivity index (χ1) is 32.8. The zero-order valence-corrected chi connectivity index (χ0v) is 40.3. The van der Waals surface area contributed by atoms with Gasteiger partial charge in [-0.15, -0.1) is 0 Å². The summed E-state index contributed by atoms with van der Waals surface area (Å²) in [5, 5.41) is 50.1. The van der Waals surface area contributed by atoms with Crippen LogP contribution in [-0.4, -0.2) is 128 Å². The average molecular weight is 941 g/mol. The van der Waals surface area contributed by atoms with E-state index in [0.29, 0.717) is 98.6 Å². The van der Waals surface area contributed by atoms with Crippen molar-refractivity contribution in [1.82, 2.24) is 0 Å². The summed E-state index contributed by atoms with van der Waals surface area (Å²) in [6.07, 6.45) is 3.82. The molecule has 0 radical (unpaired) electrons. The van der Waals surface area contributed by atoms with Crippen LogP contribution in [-0.2, 0) is 77.8 Å². The van der Waals surface area contributed by atoms with Crippen LogP contribution in [0.25, 0.3) is 0 Å². The number of methoxy groups -OCH3 is 4. The van der Waals surface area contributed by atoms with Gasteiger partial charge < -0.3 is 62.9 Å². The van der Waals surface area contributed by atoms with Crippen LogP contribution in [0.15, 0.2) is 54.6 Å². The molecule has 15 nitrogen and oxygen atoms in total. The van der Waals surface area contributed by atoms with Gasteiger partial charge >= 0.3 is 11.9 Å². The first-order valence-electron chi connectivity index (χ1n) is 23.1. The van der Waals surface area contributed by atoms with Crippen molar-refractivity contribution in [2.45, 2.75) is 83.6 Å². The largest absolute Gasteiger partial charge is 0.493 e. The van der Waals surface area contributed by atoms with Gasteiger partial charge in [0.1, 0.15) is 12.1 Å². The van der Waals surface area contributed by atoms with Gasteiger partial charge in [0, 0.05) is 67.1 Å². The van der Waals surface area contributed by atoms with Crippen LogP contribution < -0.4 is 18.9 Å². The van der Waals surface area contributed by atoms with Crippen molar-refractivity contribution in [3.05, 3.63) is 116 Å². The van der Waals surface area contributed by atoms with E-state index in [1.165, 1.54) is 0 Å². The number of quaternary nitrogens is 2. The minimum absolute atomic E-state index is 0.0429. The van der Waals surface area contributed by atoms with Crippen LogP contribution in [0, 0.1) is 11.8 Å². The Hall–Kier alpha value is -5.70. The van der Waals surface area contributed by atoms with E-state index < -0.39 is 11.9 Å². The summed E-state index contributed by atoms with van der Waals surface area (Å²) in [7, 11) is 10.7. The Balaban J connectivity index is 1.06. The lowest BCUT2D eigenvalue weighted by Gasteiger charge is -2.46. The van der Waals surface area contributed by atoms with Gasteiger partial charge in [-0.3, -0.25) is 0 Å². The van der Waals surface area contributed by atoms with Crippen LogP contribution in [0.4, 0.5) is 0 Å². The fourth-order valence-electron chi connectivity index (χ4n) is 10.2. The number of ether oxygens (including phenoxy) is 6. The molecule has 4 aromatic carbocycles. The number of rotatable bonds is 21. The molecule has 0 saturated heterocycles. The summed E-state index contributed by atoms with van der Waals surface area (Å²) < 4.78 is 34.7. The number of hydrogen-bond acceptors (Lipinski definition) is 13. The maximum Gasteiger partial charge on any atom is 0.384 e. The minimum Gasteiger partial charge on any atom is -0.493 e. The minimum atomic E-state index is -0.825. The van der Waals surface area contributed by atoms with Crippen molar-refractivity contribution >= 4 is 11.9 Å². The van der Waals surface area contributed by atoms with Crippen molar-refractivity contribution < 1.29 is 72.5 Å². The predicted molar refractivity (Wildman–Crippen MR) is 253 cm³/mol. The highest BCUT2D eigenvalue weighted by Gasteiger charge is 2.41. The Kier molecular flexibility index (Phi) is 17.9. The number of nitrogens with zero attached hydrogens (tertiary/aromatic N) is 2. The Bertz CT molecular complexity index is 2460. The van der Waals surface area contributed by atoms with Crippen molar-refractivity contribution in [2.24, 2.45) is 0 Å². The number of hydrogen-bond donors (Lipinski definition) is 5. The number of esters is 2. The molecule has 0 bridgehead atoms. The molecule has 2 heterocycles. The number of carbonyl (C=O) groups excluding carboxylic acids is 2. The van der Waals surface area contributed by atoms with E-state index in [9.17, 15) is 35.1 Å². The number of benzene rings is 4. The molecule has 0 fully saturated rings. The fourth-order valence-corrected chi connectivity index (χ4v) is 10.2. The lowest BCUT2D eigenvalue weighted by molar-refractivity contribution is -0.941. The monoisotopic (exact) mass is 940 g/mol. The quantitative estimate of drug-likeness (QED) is 0.0261. The Morgan fingerprint density at radius 1 is 0.544 bits per heavy atom. The number of fused-ring (bicyclic) bond motifs is 2. The Morgan fingerprint density at radius 2 is 1.01 bits per heavy atom. The first-order valence-corrected chi connectivity index (χ1v) is 23.1. The van der Waals surface area contributed by atoms with Crippen LogP contribution in [0.3, 0.4) is 0 Å². The second kappa shape index (κ2) is 23.5. The third kappa shape index (κ3) is 11.8. The molecule has 4 unspecified atom stereocenters. The molecule has 4 atom stereocenters. The van der Waals surface area contributed by atoms with Gasteiger partial charge in [-0.2, -0.15) is 0 Å². The molecule has 5 N–H and O–H groups in total. The van der Waals surface area contributed by atoms with Gasteiger partial charge in [0.2, 0.25) is 0 Å². The number of carbonyl (C=O) groups is 2. The second-order valence-corrected chi connectivity index (χ2v) is 18.1. The molecule has 6 rings (SSSR count). The second-order valence-electron chi connectivity index (χ2n) is 18.1. The molecule has 0 amide bonds. The van der Waals surface area contributed by atoms with E-state index in [0.717, 1.165) is 59.3 Å².